The molecule has 2 N–H and O–H groups in total. The van der Waals surface area contributed by atoms with Gasteiger partial charge in [-0.05, 0) is 49.7 Å². The molecule has 6 heteroatoms. The number of Topliss-reactive ketones (excluding diaryl/α,β-unsaturated/α-hetero) is 1. The van der Waals surface area contributed by atoms with Crippen LogP contribution >= 0.6 is 11.6 Å². The number of rotatable bonds is 8. The lowest BCUT2D eigenvalue weighted by Gasteiger charge is -2.17. The monoisotopic (exact) mass is 363 g/mol. The van der Waals surface area contributed by atoms with Crippen LogP contribution in [-0.4, -0.2) is 37.3 Å². The third-order valence-electron chi connectivity index (χ3n) is 3.73. The van der Waals surface area contributed by atoms with E-state index in [0.29, 0.717) is 28.6 Å². The van der Waals surface area contributed by atoms with Gasteiger partial charge in [0.05, 0.1) is 7.11 Å². The molecule has 0 spiro atoms. The molecule has 0 bridgehead atoms. The van der Waals surface area contributed by atoms with Crippen molar-refractivity contribution in [2.75, 3.05) is 25.6 Å². The van der Waals surface area contributed by atoms with Crippen LogP contribution in [0.2, 0.25) is 5.02 Å². The molecule has 0 saturated heterocycles. The summed E-state index contributed by atoms with van der Waals surface area (Å²) >= 11 is 5.98. The number of halogens is 1. The Bertz CT molecular complexity index is 748. The minimum Gasteiger partial charge on any atom is -0.493 e. The largest absolute Gasteiger partial charge is 0.493 e. The predicted molar refractivity (Wildman–Crippen MR) is 99.2 cm³/mol. The fourth-order valence-corrected chi connectivity index (χ4v) is 2.44. The lowest BCUT2D eigenvalue weighted by molar-refractivity contribution is 0.101. The van der Waals surface area contributed by atoms with Crippen molar-refractivity contribution in [3.8, 4) is 11.5 Å². The number of hydrogen-bond acceptors (Lipinski definition) is 5. The summed E-state index contributed by atoms with van der Waals surface area (Å²) in [6.45, 7) is 3.85. The van der Waals surface area contributed by atoms with Crippen molar-refractivity contribution in [3.05, 3.63) is 52.5 Å². The summed E-state index contributed by atoms with van der Waals surface area (Å²) in [5.41, 5.74) is 2.46. The molecular formula is C19H22ClNO4. The molecule has 1 atom stereocenters. The number of anilines is 1. The maximum Gasteiger partial charge on any atom is 0.161 e. The average Bonchev–Trinajstić information content (AvgIpc) is 2.60. The number of benzene rings is 2. The molecule has 2 aromatic rings. The van der Waals surface area contributed by atoms with Crippen LogP contribution in [0.4, 0.5) is 5.69 Å². The second kappa shape index (κ2) is 8.74. The van der Waals surface area contributed by atoms with Gasteiger partial charge in [0.25, 0.3) is 0 Å². The maximum atomic E-state index is 11.4. The van der Waals surface area contributed by atoms with Crippen molar-refractivity contribution in [3.63, 3.8) is 0 Å². The molecule has 134 valence electrons. The molecule has 2 rings (SSSR count). The number of aliphatic hydroxyl groups is 1. The first-order valence-corrected chi connectivity index (χ1v) is 8.28. The SMILES string of the molecule is COc1cc(C(C)=O)ccc1OC[C@@H](O)CNc1cc(Cl)ccc1C. The number of ketones is 1. The van der Waals surface area contributed by atoms with Crippen LogP contribution in [0.1, 0.15) is 22.8 Å². The highest BCUT2D eigenvalue weighted by atomic mass is 35.5. The van der Waals surface area contributed by atoms with Gasteiger partial charge in [-0.3, -0.25) is 4.79 Å². The zero-order chi connectivity index (χ0) is 18.4. The molecule has 25 heavy (non-hydrogen) atoms. The molecule has 2 aromatic carbocycles. The molecule has 5 nitrogen and oxygen atoms in total. The third-order valence-corrected chi connectivity index (χ3v) is 3.96. The van der Waals surface area contributed by atoms with Crippen LogP contribution in [0.15, 0.2) is 36.4 Å². The molecule has 0 aliphatic carbocycles. The Morgan fingerprint density at radius 1 is 1.24 bits per heavy atom. The summed E-state index contributed by atoms with van der Waals surface area (Å²) in [6.07, 6.45) is -0.726. The van der Waals surface area contributed by atoms with Gasteiger partial charge in [-0.2, -0.15) is 0 Å². The lowest BCUT2D eigenvalue weighted by atomic mass is 10.1. The van der Waals surface area contributed by atoms with Crippen molar-refractivity contribution in [2.45, 2.75) is 20.0 Å². The molecule has 0 unspecified atom stereocenters. The van der Waals surface area contributed by atoms with Crippen LogP contribution in [0.5, 0.6) is 11.5 Å². The highest BCUT2D eigenvalue weighted by Gasteiger charge is 2.11. The third kappa shape index (κ3) is 5.37. The lowest BCUT2D eigenvalue weighted by Crippen LogP contribution is -2.26. The van der Waals surface area contributed by atoms with E-state index < -0.39 is 6.10 Å². The summed E-state index contributed by atoms with van der Waals surface area (Å²) in [5.74, 6) is 0.884. The van der Waals surface area contributed by atoms with Gasteiger partial charge >= 0.3 is 0 Å². The Morgan fingerprint density at radius 3 is 2.68 bits per heavy atom. The van der Waals surface area contributed by atoms with Crippen LogP contribution < -0.4 is 14.8 Å². The van der Waals surface area contributed by atoms with Crippen LogP contribution in [0.3, 0.4) is 0 Å². The number of methoxy groups -OCH3 is 1. The van der Waals surface area contributed by atoms with Crippen molar-refractivity contribution in [2.24, 2.45) is 0 Å². The zero-order valence-corrected chi connectivity index (χ0v) is 15.3. The Morgan fingerprint density at radius 2 is 2.00 bits per heavy atom. The summed E-state index contributed by atoms with van der Waals surface area (Å²) in [4.78, 5) is 11.4. The van der Waals surface area contributed by atoms with E-state index >= 15 is 0 Å². The van der Waals surface area contributed by atoms with Crippen molar-refractivity contribution >= 4 is 23.1 Å². The number of aryl methyl sites for hydroxylation is 1. The maximum absolute atomic E-state index is 11.4. The normalized spacial score (nSPS) is 11.7. The van der Waals surface area contributed by atoms with Gasteiger partial charge in [0.2, 0.25) is 0 Å². The van der Waals surface area contributed by atoms with Gasteiger partial charge in [-0.15, -0.1) is 0 Å². The second-order valence-corrected chi connectivity index (χ2v) is 6.16. The Hall–Kier alpha value is -2.24. The fraction of sp³-hybridized carbons (Fsp3) is 0.316. The molecule has 0 saturated carbocycles. The number of carbonyl (C=O) groups excluding carboxylic acids is 1. The van der Waals surface area contributed by atoms with Gasteiger partial charge in [0.1, 0.15) is 12.7 Å². The fourth-order valence-electron chi connectivity index (χ4n) is 2.26. The Balaban J connectivity index is 1.92. The van der Waals surface area contributed by atoms with Gasteiger partial charge in [0.15, 0.2) is 17.3 Å². The van der Waals surface area contributed by atoms with E-state index in [4.69, 9.17) is 21.1 Å². The molecular weight excluding hydrogens is 342 g/mol. The molecule has 0 fully saturated rings. The van der Waals surface area contributed by atoms with Crippen LogP contribution in [-0.2, 0) is 0 Å². The molecule has 0 radical (unpaired) electrons. The number of ether oxygens (including phenoxy) is 2. The Labute approximate surface area is 152 Å². The van der Waals surface area contributed by atoms with E-state index in [1.807, 2.05) is 25.1 Å². The smallest absolute Gasteiger partial charge is 0.161 e. The van der Waals surface area contributed by atoms with E-state index in [2.05, 4.69) is 5.32 Å². The first-order valence-electron chi connectivity index (χ1n) is 7.90. The summed E-state index contributed by atoms with van der Waals surface area (Å²) in [7, 11) is 1.51. The van der Waals surface area contributed by atoms with Crippen LogP contribution in [0.25, 0.3) is 0 Å². The number of carbonyl (C=O) groups is 1. The molecule has 0 heterocycles. The predicted octanol–water partition coefficient (Wildman–Crippen LogP) is 3.71. The van der Waals surface area contributed by atoms with E-state index in [1.165, 1.54) is 14.0 Å². The standard InChI is InChI=1S/C19H22ClNO4/c1-12-4-6-15(20)9-17(12)21-10-16(23)11-25-18-7-5-14(13(2)22)8-19(18)24-3/h4-9,16,21,23H,10-11H2,1-3H3/t16-/m0/s1. The van der Waals surface area contributed by atoms with Crippen molar-refractivity contribution in [1.29, 1.82) is 0 Å². The molecule has 0 aromatic heterocycles. The van der Waals surface area contributed by atoms with Gasteiger partial charge < -0.3 is 19.9 Å². The van der Waals surface area contributed by atoms with E-state index in [1.54, 1.807) is 18.2 Å². The summed E-state index contributed by atoms with van der Waals surface area (Å²) in [6, 6.07) is 10.5. The van der Waals surface area contributed by atoms with Crippen molar-refractivity contribution in [1.82, 2.24) is 0 Å². The van der Waals surface area contributed by atoms with E-state index in [-0.39, 0.29) is 12.4 Å². The number of nitrogens with one attached hydrogen (secondary N) is 1. The summed E-state index contributed by atoms with van der Waals surface area (Å²) in [5, 5.41) is 13.9. The highest BCUT2D eigenvalue weighted by molar-refractivity contribution is 6.30. The summed E-state index contributed by atoms with van der Waals surface area (Å²) < 4.78 is 10.9. The molecule has 0 aliphatic rings. The zero-order valence-electron chi connectivity index (χ0n) is 14.5. The van der Waals surface area contributed by atoms with E-state index in [0.717, 1.165) is 11.3 Å². The topological polar surface area (TPSA) is 67.8 Å². The van der Waals surface area contributed by atoms with Crippen LogP contribution in [0, 0.1) is 6.92 Å². The van der Waals surface area contributed by atoms with Gasteiger partial charge in [-0.25, -0.2) is 0 Å². The molecule has 0 aliphatic heterocycles. The minimum absolute atomic E-state index is 0.0500. The second-order valence-electron chi connectivity index (χ2n) is 5.73. The Kier molecular flexibility index (Phi) is 6.67. The van der Waals surface area contributed by atoms with Gasteiger partial charge in [0, 0.05) is 22.8 Å². The first kappa shape index (κ1) is 19.1. The quantitative estimate of drug-likeness (QED) is 0.700. The first-order chi connectivity index (χ1) is 11.9. The van der Waals surface area contributed by atoms with Crippen molar-refractivity contribution < 1.29 is 19.4 Å². The highest BCUT2D eigenvalue weighted by Crippen LogP contribution is 2.28. The molecule has 0 amide bonds. The number of aliphatic hydroxyl groups excluding tert-OH is 1. The number of hydrogen-bond donors (Lipinski definition) is 2. The van der Waals surface area contributed by atoms with Gasteiger partial charge in [-0.1, -0.05) is 17.7 Å². The average molecular weight is 364 g/mol. The van der Waals surface area contributed by atoms with E-state index in [9.17, 15) is 9.90 Å². The minimum atomic E-state index is -0.726.